The van der Waals surface area contributed by atoms with Gasteiger partial charge < -0.3 is 15.0 Å². The first-order valence-electron chi connectivity index (χ1n) is 9.43. The van der Waals surface area contributed by atoms with E-state index in [2.05, 4.69) is 5.32 Å². The Morgan fingerprint density at radius 1 is 1.11 bits per heavy atom. The molecule has 2 amide bonds. The first-order valence-corrected chi connectivity index (χ1v) is 9.81. The molecule has 0 radical (unpaired) electrons. The Kier molecular flexibility index (Phi) is 8.33. The van der Waals surface area contributed by atoms with E-state index in [1.165, 1.54) is 0 Å². The molecule has 0 aliphatic carbocycles. The van der Waals surface area contributed by atoms with Gasteiger partial charge >= 0.3 is 0 Å². The molecule has 0 aliphatic heterocycles. The second-order valence-electron chi connectivity index (χ2n) is 6.46. The number of hydrogen-bond donors (Lipinski definition) is 1. The van der Waals surface area contributed by atoms with Gasteiger partial charge in [-0.15, -0.1) is 0 Å². The summed E-state index contributed by atoms with van der Waals surface area (Å²) in [7, 11) is 1.60. The van der Waals surface area contributed by atoms with Crippen molar-refractivity contribution in [3.8, 4) is 5.75 Å². The molecule has 6 heteroatoms. The molecule has 2 rings (SSSR count). The standard InChI is InChI=1S/C22H27ClN2O3/c1-4-20(22(27)24-5-2)25(15-17-8-6-7-9-19(17)23)21(26)14-16-10-12-18(28-3)13-11-16/h6-13,20H,4-5,14-15H2,1-3H3,(H,24,27). The minimum atomic E-state index is -0.554. The number of amides is 2. The summed E-state index contributed by atoms with van der Waals surface area (Å²) in [6.45, 7) is 4.56. The van der Waals surface area contributed by atoms with Crippen LogP contribution in [0.1, 0.15) is 31.4 Å². The molecule has 1 N–H and O–H groups in total. The van der Waals surface area contributed by atoms with Crippen molar-refractivity contribution in [2.24, 2.45) is 0 Å². The van der Waals surface area contributed by atoms with Crippen molar-refractivity contribution in [2.75, 3.05) is 13.7 Å². The minimum absolute atomic E-state index is 0.122. The molecule has 28 heavy (non-hydrogen) atoms. The molecule has 0 heterocycles. The monoisotopic (exact) mass is 402 g/mol. The molecule has 0 aromatic heterocycles. The Morgan fingerprint density at radius 3 is 2.36 bits per heavy atom. The predicted octanol–water partition coefficient (Wildman–Crippen LogP) is 3.83. The Hall–Kier alpha value is -2.53. The average molecular weight is 403 g/mol. The summed E-state index contributed by atoms with van der Waals surface area (Å²) in [4.78, 5) is 27.4. The van der Waals surface area contributed by atoms with Gasteiger partial charge in [-0.3, -0.25) is 9.59 Å². The SMILES string of the molecule is CCNC(=O)C(CC)N(Cc1ccccc1Cl)C(=O)Cc1ccc(OC)cc1. The van der Waals surface area contributed by atoms with Gasteiger partial charge in [0.2, 0.25) is 11.8 Å². The maximum atomic E-state index is 13.2. The smallest absolute Gasteiger partial charge is 0.242 e. The van der Waals surface area contributed by atoms with Crippen LogP contribution in [-0.4, -0.2) is 36.4 Å². The number of halogens is 1. The topological polar surface area (TPSA) is 58.6 Å². The number of likely N-dealkylation sites (N-methyl/N-ethyl adjacent to an activating group) is 1. The highest BCUT2D eigenvalue weighted by molar-refractivity contribution is 6.31. The van der Waals surface area contributed by atoms with E-state index in [0.717, 1.165) is 16.9 Å². The van der Waals surface area contributed by atoms with Crippen LogP contribution in [0.5, 0.6) is 5.75 Å². The number of carbonyl (C=O) groups is 2. The van der Waals surface area contributed by atoms with Gasteiger partial charge in [0.05, 0.1) is 13.5 Å². The predicted molar refractivity (Wildman–Crippen MR) is 111 cm³/mol. The van der Waals surface area contributed by atoms with Crippen molar-refractivity contribution in [1.29, 1.82) is 0 Å². The van der Waals surface area contributed by atoms with Crippen LogP contribution < -0.4 is 10.1 Å². The largest absolute Gasteiger partial charge is 0.497 e. The van der Waals surface area contributed by atoms with Crippen LogP contribution in [0, 0.1) is 0 Å². The summed E-state index contributed by atoms with van der Waals surface area (Å²) < 4.78 is 5.16. The summed E-state index contributed by atoms with van der Waals surface area (Å²) >= 11 is 6.30. The van der Waals surface area contributed by atoms with Crippen molar-refractivity contribution in [1.82, 2.24) is 10.2 Å². The molecule has 1 unspecified atom stereocenters. The molecule has 0 saturated heterocycles. The number of carbonyl (C=O) groups excluding carboxylic acids is 2. The van der Waals surface area contributed by atoms with Crippen LogP contribution in [0.4, 0.5) is 0 Å². The maximum absolute atomic E-state index is 13.2. The number of methoxy groups -OCH3 is 1. The van der Waals surface area contributed by atoms with E-state index in [0.29, 0.717) is 18.0 Å². The van der Waals surface area contributed by atoms with E-state index in [4.69, 9.17) is 16.3 Å². The van der Waals surface area contributed by atoms with Crippen molar-refractivity contribution in [2.45, 2.75) is 39.3 Å². The first kappa shape index (κ1) is 21.8. The van der Waals surface area contributed by atoms with Gasteiger partial charge in [-0.05, 0) is 42.7 Å². The Balaban J connectivity index is 2.28. The number of ether oxygens (including phenoxy) is 1. The van der Waals surface area contributed by atoms with E-state index in [1.807, 2.05) is 56.3 Å². The molecule has 2 aromatic rings. The third-order valence-corrected chi connectivity index (χ3v) is 4.92. The van der Waals surface area contributed by atoms with E-state index >= 15 is 0 Å². The molecule has 0 saturated carbocycles. The second-order valence-corrected chi connectivity index (χ2v) is 6.86. The summed E-state index contributed by atoms with van der Waals surface area (Å²) in [5.41, 5.74) is 1.68. The summed E-state index contributed by atoms with van der Waals surface area (Å²) in [5, 5.41) is 3.41. The number of rotatable bonds is 9. The Morgan fingerprint density at radius 2 is 1.79 bits per heavy atom. The molecule has 5 nitrogen and oxygen atoms in total. The highest BCUT2D eigenvalue weighted by Crippen LogP contribution is 2.21. The van der Waals surface area contributed by atoms with Gasteiger partial charge in [-0.2, -0.15) is 0 Å². The average Bonchev–Trinajstić information content (AvgIpc) is 2.70. The van der Waals surface area contributed by atoms with Crippen LogP contribution in [0.3, 0.4) is 0 Å². The Bertz CT molecular complexity index is 793. The van der Waals surface area contributed by atoms with Crippen LogP contribution >= 0.6 is 11.6 Å². The lowest BCUT2D eigenvalue weighted by Crippen LogP contribution is -2.49. The number of nitrogens with one attached hydrogen (secondary N) is 1. The van der Waals surface area contributed by atoms with E-state index in [9.17, 15) is 9.59 Å². The summed E-state index contributed by atoms with van der Waals surface area (Å²) in [5.74, 6) is 0.459. The van der Waals surface area contributed by atoms with Crippen molar-refractivity contribution in [3.05, 3.63) is 64.7 Å². The lowest BCUT2D eigenvalue weighted by molar-refractivity contribution is -0.140. The zero-order valence-electron chi connectivity index (χ0n) is 16.6. The molecular weight excluding hydrogens is 376 g/mol. The van der Waals surface area contributed by atoms with Gasteiger partial charge in [0.1, 0.15) is 11.8 Å². The fourth-order valence-corrected chi connectivity index (χ4v) is 3.24. The van der Waals surface area contributed by atoms with Gasteiger partial charge in [-0.1, -0.05) is 48.9 Å². The molecule has 150 valence electrons. The van der Waals surface area contributed by atoms with Gasteiger partial charge in [-0.25, -0.2) is 0 Å². The molecular formula is C22H27ClN2O3. The van der Waals surface area contributed by atoms with Gasteiger partial charge in [0.15, 0.2) is 0 Å². The van der Waals surface area contributed by atoms with Gasteiger partial charge in [0, 0.05) is 18.1 Å². The molecule has 0 aliphatic rings. The van der Waals surface area contributed by atoms with Gasteiger partial charge in [0.25, 0.3) is 0 Å². The quantitative estimate of drug-likeness (QED) is 0.693. The lowest BCUT2D eigenvalue weighted by Gasteiger charge is -2.31. The summed E-state index contributed by atoms with van der Waals surface area (Å²) in [6, 6.07) is 14.2. The second kappa shape index (κ2) is 10.7. The zero-order valence-corrected chi connectivity index (χ0v) is 17.3. The molecule has 0 bridgehead atoms. The first-order chi connectivity index (χ1) is 13.5. The summed E-state index contributed by atoms with van der Waals surface area (Å²) in [6.07, 6.45) is 0.717. The fraction of sp³-hybridized carbons (Fsp3) is 0.364. The van der Waals surface area contributed by atoms with Crippen LogP contribution in [-0.2, 0) is 22.6 Å². The molecule has 2 aromatic carbocycles. The van der Waals surface area contributed by atoms with Crippen LogP contribution in [0.15, 0.2) is 48.5 Å². The van der Waals surface area contributed by atoms with Crippen LogP contribution in [0.25, 0.3) is 0 Å². The highest BCUT2D eigenvalue weighted by atomic mass is 35.5. The highest BCUT2D eigenvalue weighted by Gasteiger charge is 2.28. The molecule has 1 atom stereocenters. The van der Waals surface area contributed by atoms with E-state index < -0.39 is 6.04 Å². The third-order valence-electron chi connectivity index (χ3n) is 4.55. The number of hydrogen-bond acceptors (Lipinski definition) is 3. The van der Waals surface area contributed by atoms with Crippen LogP contribution in [0.2, 0.25) is 5.02 Å². The third kappa shape index (κ3) is 5.73. The maximum Gasteiger partial charge on any atom is 0.242 e. The van der Waals surface area contributed by atoms with E-state index in [-0.39, 0.29) is 24.8 Å². The normalized spacial score (nSPS) is 11.6. The zero-order chi connectivity index (χ0) is 20.5. The van der Waals surface area contributed by atoms with E-state index in [1.54, 1.807) is 18.1 Å². The Labute approximate surface area is 171 Å². The number of benzene rings is 2. The van der Waals surface area contributed by atoms with Crippen molar-refractivity contribution >= 4 is 23.4 Å². The molecule has 0 spiro atoms. The molecule has 0 fully saturated rings. The fourth-order valence-electron chi connectivity index (χ4n) is 3.04. The van der Waals surface area contributed by atoms with Crippen molar-refractivity contribution < 1.29 is 14.3 Å². The number of nitrogens with zero attached hydrogens (tertiary/aromatic N) is 1. The lowest BCUT2D eigenvalue weighted by atomic mass is 10.1. The van der Waals surface area contributed by atoms with Crippen molar-refractivity contribution in [3.63, 3.8) is 0 Å². The minimum Gasteiger partial charge on any atom is -0.497 e.